The minimum atomic E-state index is -4.62. The van der Waals surface area contributed by atoms with Crippen LogP contribution in [0.25, 0.3) is 22.0 Å². The zero-order chi connectivity index (χ0) is 30.7. The summed E-state index contributed by atoms with van der Waals surface area (Å²) in [5.74, 6) is -1.06. The summed E-state index contributed by atoms with van der Waals surface area (Å²) in [6.07, 6.45) is -3.37. The van der Waals surface area contributed by atoms with E-state index in [1.807, 2.05) is 6.07 Å². The molecule has 218 valence electrons. The fraction of sp³-hybridized carbons (Fsp3) is 0.0645. The molecule has 0 saturated carbocycles. The molecular formula is C31H20BrClF3N3O4. The Kier molecular flexibility index (Phi) is 8.56. The van der Waals surface area contributed by atoms with Crippen LogP contribution in [0.5, 0.6) is 11.5 Å². The number of hydrogen-bond donors (Lipinski definition) is 2. The van der Waals surface area contributed by atoms with Crippen molar-refractivity contribution >= 4 is 56.5 Å². The van der Waals surface area contributed by atoms with E-state index in [0.29, 0.717) is 43.3 Å². The average Bonchev–Trinajstić information content (AvgIpc) is 3.38. The molecule has 5 rings (SSSR count). The number of ether oxygens (including phenoxy) is 2. The highest BCUT2D eigenvalue weighted by Gasteiger charge is 2.31. The van der Waals surface area contributed by atoms with Crippen molar-refractivity contribution < 1.29 is 32.2 Å². The average molecular weight is 671 g/mol. The van der Waals surface area contributed by atoms with Gasteiger partial charge < -0.3 is 14.5 Å². The molecule has 12 heteroatoms. The maximum atomic E-state index is 13.4. The molecule has 0 aliphatic carbocycles. The Morgan fingerprint density at radius 2 is 1.74 bits per heavy atom. The largest absolute Gasteiger partial charge is 0.495 e. The van der Waals surface area contributed by atoms with Crippen molar-refractivity contribution in [3.8, 4) is 22.6 Å². The third-order valence-corrected chi connectivity index (χ3v) is 7.18. The summed E-state index contributed by atoms with van der Waals surface area (Å²) in [6.45, 7) is 0. The van der Waals surface area contributed by atoms with Crippen molar-refractivity contribution in [1.82, 2.24) is 10.4 Å². The Bertz CT molecular complexity index is 1890. The van der Waals surface area contributed by atoms with Gasteiger partial charge in [-0.3, -0.25) is 4.79 Å². The quantitative estimate of drug-likeness (QED) is 0.0790. The number of alkyl halides is 3. The van der Waals surface area contributed by atoms with Crippen LogP contribution >= 0.6 is 27.5 Å². The van der Waals surface area contributed by atoms with Gasteiger partial charge in [0.05, 0.1) is 30.0 Å². The Labute approximate surface area is 256 Å². The summed E-state index contributed by atoms with van der Waals surface area (Å²) in [5, 5.41) is 5.19. The van der Waals surface area contributed by atoms with E-state index in [-0.39, 0.29) is 22.6 Å². The van der Waals surface area contributed by atoms with Gasteiger partial charge in [-0.2, -0.15) is 18.3 Å². The van der Waals surface area contributed by atoms with Crippen LogP contribution in [0.15, 0.2) is 94.5 Å². The number of halogens is 5. The lowest BCUT2D eigenvalue weighted by Crippen LogP contribution is -2.19. The number of fused-ring (bicyclic) bond motifs is 1. The van der Waals surface area contributed by atoms with Gasteiger partial charge in [-0.15, -0.1) is 0 Å². The molecule has 0 unspecified atom stereocenters. The van der Waals surface area contributed by atoms with Crippen LogP contribution < -0.4 is 14.9 Å². The number of amides is 1. The molecule has 0 aliphatic rings. The van der Waals surface area contributed by atoms with E-state index in [1.54, 1.807) is 48.5 Å². The summed E-state index contributed by atoms with van der Waals surface area (Å²) in [7, 11) is 1.52. The molecule has 5 aromatic rings. The molecule has 2 N–H and O–H groups in total. The number of methoxy groups -OCH3 is 1. The first-order valence-electron chi connectivity index (χ1n) is 12.5. The number of aromatic nitrogens is 1. The van der Waals surface area contributed by atoms with E-state index in [0.717, 1.165) is 12.1 Å². The summed E-state index contributed by atoms with van der Waals surface area (Å²) in [4.78, 5) is 29.2. The highest BCUT2D eigenvalue weighted by molar-refractivity contribution is 9.10. The van der Waals surface area contributed by atoms with E-state index in [9.17, 15) is 22.8 Å². The van der Waals surface area contributed by atoms with Crippen LogP contribution in [-0.4, -0.2) is 30.2 Å². The summed E-state index contributed by atoms with van der Waals surface area (Å²) in [5.41, 5.74) is 3.40. The predicted molar refractivity (Wildman–Crippen MR) is 161 cm³/mol. The molecule has 0 aliphatic heterocycles. The number of para-hydroxylation sites is 1. The number of benzene rings is 4. The third-order valence-electron chi connectivity index (χ3n) is 6.36. The zero-order valence-corrected chi connectivity index (χ0v) is 24.5. The molecule has 0 saturated heterocycles. The highest BCUT2D eigenvalue weighted by Crippen LogP contribution is 2.39. The van der Waals surface area contributed by atoms with Crippen molar-refractivity contribution in [3.05, 3.63) is 117 Å². The molecule has 1 heterocycles. The number of nitrogens with zero attached hydrogens (tertiary/aromatic N) is 1. The maximum absolute atomic E-state index is 13.4. The number of carbonyl (C=O) groups excluding carboxylic acids is 2. The van der Waals surface area contributed by atoms with Crippen LogP contribution in [0.3, 0.4) is 0 Å². The first-order valence-corrected chi connectivity index (χ1v) is 13.7. The van der Waals surface area contributed by atoms with Gasteiger partial charge in [0.15, 0.2) is 0 Å². The van der Waals surface area contributed by atoms with E-state index >= 15 is 0 Å². The number of rotatable bonds is 7. The number of H-pyrrole nitrogens is 1. The Morgan fingerprint density at radius 1 is 0.977 bits per heavy atom. The Hall–Kier alpha value is -4.61. The van der Waals surface area contributed by atoms with Crippen LogP contribution in [0.1, 0.15) is 32.0 Å². The normalized spacial score (nSPS) is 11.6. The van der Waals surface area contributed by atoms with Crippen LogP contribution in [0, 0.1) is 0 Å². The van der Waals surface area contributed by atoms with E-state index in [1.165, 1.54) is 25.5 Å². The second-order valence-corrected chi connectivity index (χ2v) is 10.4. The monoisotopic (exact) mass is 669 g/mol. The number of hydrazone groups is 1. The lowest BCUT2D eigenvalue weighted by Gasteiger charge is -2.10. The minimum absolute atomic E-state index is 0.00992. The van der Waals surface area contributed by atoms with Gasteiger partial charge in [0.2, 0.25) is 0 Å². The fourth-order valence-corrected chi connectivity index (χ4v) is 4.99. The third kappa shape index (κ3) is 6.42. The van der Waals surface area contributed by atoms with Gasteiger partial charge in [0.1, 0.15) is 17.2 Å². The first-order chi connectivity index (χ1) is 20.6. The predicted octanol–water partition coefficient (Wildman–Crippen LogP) is 8.26. The molecule has 0 spiro atoms. The topological polar surface area (TPSA) is 92.8 Å². The van der Waals surface area contributed by atoms with Crippen LogP contribution in [0.4, 0.5) is 13.2 Å². The number of esters is 1. The fourth-order valence-electron chi connectivity index (χ4n) is 4.39. The smallest absolute Gasteiger partial charge is 0.416 e. The number of aromatic amines is 1. The van der Waals surface area contributed by atoms with Crippen molar-refractivity contribution in [3.63, 3.8) is 0 Å². The lowest BCUT2D eigenvalue weighted by molar-refractivity contribution is -0.137. The van der Waals surface area contributed by atoms with E-state index < -0.39 is 23.6 Å². The molecule has 0 radical (unpaired) electrons. The number of hydrogen-bond acceptors (Lipinski definition) is 5. The standard InChI is InChI=1S/C31H20BrClF3N3O4/c1-42-25-11-5-9-22-26(21-8-2-3-10-23(21)33)28(38-27(22)25)29(40)39-37-16-18-15-20(32)12-13-24(18)43-30(41)17-6-4-7-19(14-17)31(34,35)36/h2-16,38H,1H3,(H,39,40). The van der Waals surface area contributed by atoms with Gasteiger partial charge >= 0.3 is 12.1 Å². The molecular weight excluding hydrogens is 651 g/mol. The van der Waals surface area contributed by atoms with Crippen LogP contribution in [0.2, 0.25) is 5.02 Å². The molecule has 1 amide bonds. The van der Waals surface area contributed by atoms with Gasteiger partial charge in [-0.05, 0) is 48.5 Å². The first kappa shape index (κ1) is 29.9. The lowest BCUT2D eigenvalue weighted by atomic mass is 10.0. The zero-order valence-electron chi connectivity index (χ0n) is 22.1. The molecule has 43 heavy (non-hydrogen) atoms. The number of carbonyl (C=O) groups is 2. The molecule has 4 aromatic carbocycles. The van der Waals surface area contributed by atoms with E-state index in [2.05, 4.69) is 31.4 Å². The van der Waals surface area contributed by atoms with Crippen molar-refractivity contribution in [2.75, 3.05) is 7.11 Å². The second kappa shape index (κ2) is 12.3. The molecule has 7 nitrogen and oxygen atoms in total. The van der Waals surface area contributed by atoms with Gasteiger partial charge in [0.25, 0.3) is 5.91 Å². The van der Waals surface area contributed by atoms with Gasteiger partial charge in [0, 0.05) is 31.6 Å². The highest BCUT2D eigenvalue weighted by atomic mass is 79.9. The van der Waals surface area contributed by atoms with Gasteiger partial charge in [-0.1, -0.05) is 63.9 Å². The summed E-state index contributed by atoms with van der Waals surface area (Å²) in [6, 6.07) is 21.0. The van der Waals surface area contributed by atoms with Gasteiger partial charge in [-0.25, -0.2) is 10.2 Å². The minimum Gasteiger partial charge on any atom is -0.495 e. The molecule has 1 aromatic heterocycles. The molecule has 0 bridgehead atoms. The van der Waals surface area contributed by atoms with E-state index in [4.69, 9.17) is 21.1 Å². The molecule has 0 fully saturated rings. The van der Waals surface area contributed by atoms with Crippen molar-refractivity contribution in [2.45, 2.75) is 6.18 Å². The molecule has 0 atom stereocenters. The Balaban J connectivity index is 1.43. The SMILES string of the molecule is COc1cccc2c(-c3ccccc3Cl)c(C(=O)NN=Cc3cc(Br)ccc3OC(=O)c3cccc(C(F)(F)F)c3)[nH]c12. The summed E-state index contributed by atoms with van der Waals surface area (Å²) >= 11 is 9.82. The maximum Gasteiger partial charge on any atom is 0.416 e. The van der Waals surface area contributed by atoms with Crippen molar-refractivity contribution in [1.29, 1.82) is 0 Å². The Morgan fingerprint density at radius 3 is 2.49 bits per heavy atom. The summed E-state index contributed by atoms with van der Waals surface area (Å²) < 4.78 is 50.8. The second-order valence-electron chi connectivity index (χ2n) is 9.09. The van der Waals surface area contributed by atoms with Crippen LogP contribution in [-0.2, 0) is 6.18 Å². The number of nitrogens with one attached hydrogen (secondary N) is 2. The van der Waals surface area contributed by atoms with Crippen molar-refractivity contribution in [2.24, 2.45) is 5.10 Å².